The fraction of sp³-hybridized carbons (Fsp3) is 0.684. The van der Waals surface area contributed by atoms with Crippen LogP contribution in [0.4, 0.5) is 0 Å². The lowest BCUT2D eigenvalue weighted by atomic mass is 9.78. The van der Waals surface area contributed by atoms with E-state index >= 15 is 0 Å². The third-order valence-electron chi connectivity index (χ3n) is 5.35. The molecule has 0 radical (unpaired) electrons. The molecule has 2 fully saturated rings. The second kappa shape index (κ2) is 6.76. The maximum atomic E-state index is 3.76. The van der Waals surface area contributed by atoms with E-state index in [0.717, 1.165) is 18.4 Å². The molecular formula is C19H29N. The molecule has 1 aromatic carbocycles. The van der Waals surface area contributed by atoms with Gasteiger partial charge in [-0.25, -0.2) is 0 Å². The Bertz CT molecular complexity index is 400. The molecule has 2 aliphatic rings. The molecule has 0 saturated heterocycles. The smallest absolute Gasteiger partial charge is 0.0322 e. The van der Waals surface area contributed by atoms with Gasteiger partial charge < -0.3 is 5.32 Å². The van der Waals surface area contributed by atoms with Crippen LogP contribution in [0.1, 0.15) is 81.4 Å². The van der Waals surface area contributed by atoms with Gasteiger partial charge in [-0.3, -0.25) is 0 Å². The summed E-state index contributed by atoms with van der Waals surface area (Å²) in [6.07, 6.45) is 11.1. The molecule has 0 bridgehead atoms. The summed E-state index contributed by atoms with van der Waals surface area (Å²) in [5, 5.41) is 3.76. The van der Waals surface area contributed by atoms with Gasteiger partial charge in [0.25, 0.3) is 0 Å². The largest absolute Gasteiger partial charge is 0.310 e. The van der Waals surface area contributed by atoms with Crippen molar-refractivity contribution in [3.05, 3.63) is 35.4 Å². The molecule has 1 aromatic rings. The Morgan fingerprint density at radius 1 is 1.05 bits per heavy atom. The highest BCUT2D eigenvalue weighted by Gasteiger charge is 2.23. The molecule has 1 unspecified atom stereocenters. The standard InChI is InChI=1S/C19H29N/c1-2-13-20-19(14-15-5-3-6-15)18-11-9-17(10-12-18)16-7-4-8-16/h9-12,15-16,19-20H,2-8,13-14H2,1H3. The number of benzene rings is 1. The molecule has 20 heavy (non-hydrogen) atoms. The van der Waals surface area contributed by atoms with Crippen LogP contribution in [0.3, 0.4) is 0 Å². The fourth-order valence-electron chi connectivity index (χ4n) is 3.46. The Morgan fingerprint density at radius 2 is 1.75 bits per heavy atom. The van der Waals surface area contributed by atoms with E-state index in [9.17, 15) is 0 Å². The Kier molecular flexibility index (Phi) is 4.77. The summed E-state index contributed by atoms with van der Waals surface area (Å²) in [6, 6.07) is 10.1. The zero-order valence-corrected chi connectivity index (χ0v) is 12.9. The van der Waals surface area contributed by atoms with Gasteiger partial charge in [-0.2, -0.15) is 0 Å². The lowest BCUT2D eigenvalue weighted by Gasteiger charge is -2.31. The van der Waals surface area contributed by atoms with Crippen molar-refractivity contribution in [2.45, 2.75) is 70.3 Å². The van der Waals surface area contributed by atoms with Gasteiger partial charge in [-0.1, -0.05) is 56.9 Å². The Labute approximate surface area is 124 Å². The molecule has 3 rings (SSSR count). The van der Waals surface area contributed by atoms with E-state index < -0.39 is 0 Å². The van der Waals surface area contributed by atoms with E-state index in [0.29, 0.717) is 6.04 Å². The van der Waals surface area contributed by atoms with E-state index in [1.807, 2.05) is 0 Å². The number of hydrogen-bond acceptors (Lipinski definition) is 1. The minimum Gasteiger partial charge on any atom is -0.310 e. The number of rotatable bonds is 7. The molecule has 2 aliphatic carbocycles. The summed E-state index contributed by atoms with van der Waals surface area (Å²) in [5.41, 5.74) is 3.08. The molecule has 0 amide bonds. The van der Waals surface area contributed by atoms with Crippen molar-refractivity contribution < 1.29 is 0 Å². The predicted molar refractivity (Wildman–Crippen MR) is 86.0 cm³/mol. The van der Waals surface area contributed by atoms with Crippen molar-refractivity contribution in [2.24, 2.45) is 5.92 Å². The highest BCUT2D eigenvalue weighted by molar-refractivity contribution is 5.28. The summed E-state index contributed by atoms with van der Waals surface area (Å²) < 4.78 is 0. The van der Waals surface area contributed by atoms with E-state index in [-0.39, 0.29) is 0 Å². The van der Waals surface area contributed by atoms with Crippen molar-refractivity contribution >= 4 is 0 Å². The summed E-state index contributed by atoms with van der Waals surface area (Å²) in [4.78, 5) is 0. The molecule has 0 heterocycles. The first-order chi connectivity index (χ1) is 9.86. The van der Waals surface area contributed by atoms with Gasteiger partial charge in [0.2, 0.25) is 0 Å². The van der Waals surface area contributed by atoms with E-state index in [2.05, 4.69) is 36.5 Å². The van der Waals surface area contributed by atoms with E-state index in [4.69, 9.17) is 0 Å². The molecule has 0 aliphatic heterocycles. The second-order valence-electron chi connectivity index (χ2n) is 6.83. The van der Waals surface area contributed by atoms with Crippen LogP contribution in [0.5, 0.6) is 0 Å². The van der Waals surface area contributed by atoms with Gasteiger partial charge in [0.1, 0.15) is 0 Å². The first-order valence-electron chi connectivity index (χ1n) is 8.70. The van der Waals surface area contributed by atoms with Crippen LogP contribution in [0.15, 0.2) is 24.3 Å². The van der Waals surface area contributed by atoms with Crippen LogP contribution >= 0.6 is 0 Å². The molecule has 110 valence electrons. The monoisotopic (exact) mass is 271 g/mol. The van der Waals surface area contributed by atoms with Crippen LogP contribution < -0.4 is 5.32 Å². The molecule has 1 heteroatoms. The zero-order valence-electron chi connectivity index (χ0n) is 12.9. The SMILES string of the molecule is CCCNC(CC1CCC1)c1ccc(C2CCC2)cc1. The molecule has 0 spiro atoms. The van der Waals surface area contributed by atoms with Gasteiger partial charge in [-0.15, -0.1) is 0 Å². The number of nitrogens with one attached hydrogen (secondary N) is 1. The van der Waals surface area contributed by atoms with Gasteiger partial charge in [0.15, 0.2) is 0 Å². The maximum absolute atomic E-state index is 3.76. The van der Waals surface area contributed by atoms with E-state index in [1.165, 1.54) is 56.9 Å². The first kappa shape index (κ1) is 14.1. The van der Waals surface area contributed by atoms with Gasteiger partial charge in [0, 0.05) is 6.04 Å². The Hall–Kier alpha value is -0.820. The predicted octanol–water partition coefficient (Wildman–Crippen LogP) is 5.19. The molecule has 1 nitrogen and oxygen atoms in total. The molecule has 1 atom stereocenters. The van der Waals surface area contributed by atoms with Crippen molar-refractivity contribution in [3.8, 4) is 0 Å². The van der Waals surface area contributed by atoms with Crippen LogP contribution in [-0.4, -0.2) is 6.54 Å². The summed E-state index contributed by atoms with van der Waals surface area (Å²) in [7, 11) is 0. The second-order valence-corrected chi connectivity index (χ2v) is 6.83. The van der Waals surface area contributed by atoms with Crippen LogP contribution in [0.2, 0.25) is 0 Å². The fourth-order valence-corrected chi connectivity index (χ4v) is 3.46. The van der Waals surface area contributed by atoms with Crippen molar-refractivity contribution in [2.75, 3.05) is 6.54 Å². The van der Waals surface area contributed by atoms with Crippen molar-refractivity contribution in [3.63, 3.8) is 0 Å². The maximum Gasteiger partial charge on any atom is 0.0322 e. The highest BCUT2D eigenvalue weighted by atomic mass is 14.9. The van der Waals surface area contributed by atoms with Gasteiger partial charge >= 0.3 is 0 Å². The van der Waals surface area contributed by atoms with Gasteiger partial charge in [0.05, 0.1) is 0 Å². The summed E-state index contributed by atoms with van der Waals surface area (Å²) in [6.45, 7) is 3.40. The Balaban J connectivity index is 1.64. The average Bonchev–Trinajstić information content (AvgIpc) is 2.36. The minimum atomic E-state index is 0.579. The third kappa shape index (κ3) is 3.25. The average molecular weight is 271 g/mol. The van der Waals surface area contributed by atoms with Crippen LogP contribution in [0.25, 0.3) is 0 Å². The highest BCUT2D eigenvalue weighted by Crippen LogP contribution is 2.38. The lowest BCUT2D eigenvalue weighted by molar-refractivity contribution is 0.261. The zero-order chi connectivity index (χ0) is 13.8. The number of hydrogen-bond donors (Lipinski definition) is 1. The molecular weight excluding hydrogens is 242 g/mol. The minimum absolute atomic E-state index is 0.579. The molecule has 0 aromatic heterocycles. The lowest BCUT2D eigenvalue weighted by Crippen LogP contribution is -2.26. The van der Waals surface area contributed by atoms with Crippen LogP contribution in [0, 0.1) is 5.92 Å². The normalized spacial score (nSPS) is 21.2. The van der Waals surface area contributed by atoms with Crippen molar-refractivity contribution in [1.29, 1.82) is 0 Å². The first-order valence-corrected chi connectivity index (χ1v) is 8.70. The molecule has 1 N–H and O–H groups in total. The topological polar surface area (TPSA) is 12.0 Å². The van der Waals surface area contributed by atoms with Crippen molar-refractivity contribution in [1.82, 2.24) is 5.32 Å². The Morgan fingerprint density at radius 3 is 2.25 bits per heavy atom. The third-order valence-corrected chi connectivity index (χ3v) is 5.35. The van der Waals surface area contributed by atoms with Gasteiger partial charge in [-0.05, 0) is 55.2 Å². The summed E-state index contributed by atoms with van der Waals surface area (Å²) >= 11 is 0. The quantitative estimate of drug-likeness (QED) is 0.720. The van der Waals surface area contributed by atoms with Crippen LogP contribution in [-0.2, 0) is 0 Å². The summed E-state index contributed by atoms with van der Waals surface area (Å²) in [5.74, 6) is 1.83. The molecule has 2 saturated carbocycles. The van der Waals surface area contributed by atoms with E-state index in [1.54, 1.807) is 5.56 Å².